The van der Waals surface area contributed by atoms with Crippen LogP contribution < -0.4 is 9.13 Å². The Bertz CT molecular complexity index is 829. The van der Waals surface area contributed by atoms with E-state index in [1.54, 1.807) is 31.2 Å². The number of nitrogens with zero attached hydrogens (tertiary/aromatic N) is 6. The average Bonchev–Trinajstić information content (AvgIpc) is 3.06. The highest BCUT2D eigenvalue weighted by Gasteiger charge is 2.13. The first-order chi connectivity index (χ1) is 11.6. The van der Waals surface area contributed by atoms with Crippen LogP contribution in [0.25, 0.3) is 0 Å². The first-order valence-electron chi connectivity index (χ1n) is 7.34. The van der Waals surface area contributed by atoms with E-state index in [1.165, 1.54) is 12.7 Å². The van der Waals surface area contributed by atoms with Crippen LogP contribution in [0, 0.1) is 0 Å². The van der Waals surface area contributed by atoms with Crippen molar-refractivity contribution in [3.05, 3.63) is 25.3 Å². The number of aromatic nitrogens is 6. The lowest BCUT2D eigenvalue weighted by Crippen LogP contribution is -2.33. The summed E-state index contributed by atoms with van der Waals surface area (Å²) in [6.07, 6.45) is 6.96. The lowest BCUT2D eigenvalue weighted by Gasteiger charge is -1.95. The molecule has 0 saturated carbocycles. The maximum absolute atomic E-state index is 10.7. The van der Waals surface area contributed by atoms with Gasteiger partial charge in [0.15, 0.2) is 0 Å². The van der Waals surface area contributed by atoms with E-state index in [2.05, 4.69) is 10.2 Å². The maximum Gasteiger partial charge on any atom is 0.265 e. The molecular weight excluding hydrogens is 376 g/mol. The topological polar surface area (TPSA) is 152 Å². The van der Waals surface area contributed by atoms with Crippen molar-refractivity contribution < 1.29 is 35.1 Å². The van der Waals surface area contributed by atoms with E-state index >= 15 is 0 Å². The van der Waals surface area contributed by atoms with Gasteiger partial charge < -0.3 is 0 Å². The SMILES string of the molecule is O=S(=O)(O)CCC[n+]1cnn(Cn2c[n+](CCCS(=O)(=O)O)cn2)c1. The van der Waals surface area contributed by atoms with Crippen LogP contribution in [0.5, 0.6) is 0 Å². The predicted molar refractivity (Wildman–Crippen MR) is 82.3 cm³/mol. The number of hydrogen-bond donors (Lipinski definition) is 2. The summed E-state index contributed by atoms with van der Waals surface area (Å²) in [4.78, 5) is 0. The van der Waals surface area contributed by atoms with Crippen LogP contribution in [0.1, 0.15) is 12.8 Å². The fourth-order valence-corrected chi connectivity index (χ4v) is 3.10. The van der Waals surface area contributed by atoms with Crippen LogP contribution in [0.3, 0.4) is 0 Å². The molecule has 0 aromatic carbocycles. The van der Waals surface area contributed by atoms with E-state index in [0.29, 0.717) is 19.8 Å². The molecule has 0 radical (unpaired) electrons. The zero-order valence-electron chi connectivity index (χ0n) is 13.3. The Morgan fingerprint density at radius 2 is 1.20 bits per heavy atom. The van der Waals surface area contributed by atoms with Gasteiger partial charge >= 0.3 is 0 Å². The molecule has 2 heterocycles. The van der Waals surface area contributed by atoms with Gasteiger partial charge in [-0.05, 0) is 12.8 Å². The van der Waals surface area contributed by atoms with Crippen molar-refractivity contribution in [1.29, 1.82) is 0 Å². The van der Waals surface area contributed by atoms with Crippen LogP contribution in [-0.2, 0) is 40.0 Å². The van der Waals surface area contributed by atoms with Crippen molar-refractivity contribution in [2.45, 2.75) is 32.6 Å². The fraction of sp³-hybridized carbons (Fsp3) is 0.636. The predicted octanol–water partition coefficient (Wildman–Crippen LogP) is -2.28. The smallest absolute Gasteiger partial charge is 0.265 e. The average molecular weight is 396 g/mol. The number of hydrogen-bond acceptors (Lipinski definition) is 6. The monoisotopic (exact) mass is 396 g/mol. The summed E-state index contributed by atoms with van der Waals surface area (Å²) in [5.74, 6) is -0.623. The fourth-order valence-electron chi connectivity index (χ4n) is 2.11. The molecule has 2 aromatic rings. The van der Waals surface area contributed by atoms with Crippen LogP contribution in [0.15, 0.2) is 25.3 Å². The molecule has 0 saturated heterocycles. The van der Waals surface area contributed by atoms with Gasteiger partial charge in [-0.15, -0.1) is 0 Å². The highest BCUT2D eigenvalue weighted by atomic mass is 32.2. The highest BCUT2D eigenvalue weighted by Crippen LogP contribution is 1.91. The molecule has 0 aliphatic heterocycles. The lowest BCUT2D eigenvalue weighted by atomic mass is 10.5. The number of rotatable bonds is 10. The molecule has 12 nitrogen and oxygen atoms in total. The third kappa shape index (κ3) is 7.68. The summed E-state index contributed by atoms with van der Waals surface area (Å²) in [7, 11) is -7.92. The van der Waals surface area contributed by atoms with Gasteiger partial charge in [0, 0.05) is 10.2 Å². The van der Waals surface area contributed by atoms with Crippen LogP contribution in [-0.4, -0.2) is 57.0 Å². The zero-order valence-corrected chi connectivity index (χ0v) is 14.9. The third-order valence-corrected chi connectivity index (χ3v) is 4.80. The molecule has 0 aliphatic rings. The lowest BCUT2D eigenvalue weighted by molar-refractivity contribution is -0.698. The Labute approximate surface area is 144 Å². The van der Waals surface area contributed by atoms with Crippen molar-refractivity contribution >= 4 is 20.2 Å². The molecule has 2 N–H and O–H groups in total. The molecule has 0 spiro atoms. The van der Waals surface area contributed by atoms with E-state index in [4.69, 9.17) is 9.11 Å². The van der Waals surface area contributed by atoms with Crippen molar-refractivity contribution in [2.24, 2.45) is 0 Å². The van der Waals surface area contributed by atoms with Crippen LogP contribution >= 0.6 is 0 Å². The normalized spacial score (nSPS) is 12.6. The molecule has 14 heteroatoms. The molecular formula is C11H20N6O6S2+2. The van der Waals surface area contributed by atoms with Gasteiger partial charge in [0.2, 0.25) is 12.7 Å². The summed E-state index contributed by atoms with van der Waals surface area (Å²) in [5, 5.41) is 8.23. The minimum absolute atomic E-state index is 0.269. The Balaban J connectivity index is 1.82. The molecule has 2 rings (SSSR count). The van der Waals surface area contributed by atoms with E-state index in [0.717, 1.165) is 0 Å². The summed E-state index contributed by atoms with van der Waals surface area (Å²) >= 11 is 0. The molecule has 0 aliphatic carbocycles. The van der Waals surface area contributed by atoms with Gasteiger partial charge in [-0.1, -0.05) is 9.36 Å². The second kappa shape index (κ2) is 7.99. The first kappa shape index (κ1) is 19.4. The maximum atomic E-state index is 10.7. The minimum Gasteiger partial charge on any atom is -0.286 e. The number of aryl methyl sites for hydroxylation is 2. The van der Waals surface area contributed by atoms with Crippen molar-refractivity contribution in [3.8, 4) is 0 Å². The van der Waals surface area contributed by atoms with E-state index in [1.807, 2.05) is 0 Å². The van der Waals surface area contributed by atoms with Crippen molar-refractivity contribution in [2.75, 3.05) is 11.5 Å². The Morgan fingerprint density at radius 1 is 0.800 bits per heavy atom. The van der Waals surface area contributed by atoms with Gasteiger partial charge in [-0.25, -0.2) is 9.13 Å². The minimum atomic E-state index is -3.96. The van der Waals surface area contributed by atoms with Gasteiger partial charge in [0.05, 0.1) is 24.6 Å². The van der Waals surface area contributed by atoms with E-state index < -0.39 is 20.2 Å². The van der Waals surface area contributed by atoms with Crippen molar-refractivity contribution in [1.82, 2.24) is 19.6 Å². The zero-order chi connectivity index (χ0) is 18.5. The second-order valence-electron chi connectivity index (χ2n) is 5.47. The van der Waals surface area contributed by atoms with E-state index in [-0.39, 0.29) is 24.3 Å². The first-order valence-corrected chi connectivity index (χ1v) is 10.6. The largest absolute Gasteiger partial charge is 0.286 e. The van der Waals surface area contributed by atoms with Gasteiger partial charge in [-0.3, -0.25) is 9.11 Å². The molecule has 0 unspecified atom stereocenters. The Hall–Kier alpha value is -1.90. The Kier molecular flexibility index (Phi) is 6.21. The third-order valence-electron chi connectivity index (χ3n) is 3.19. The second-order valence-corrected chi connectivity index (χ2v) is 8.61. The summed E-state index contributed by atoms with van der Waals surface area (Å²) in [5.41, 5.74) is 0. The van der Waals surface area contributed by atoms with Crippen molar-refractivity contribution in [3.63, 3.8) is 0 Å². The molecule has 25 heavy (non-hydrogen) atoms. The molecule has 2 aromatic heterocycles. The Morgan fingerprint density at radius 3 is 1.56 bits per heavy atom. The molecule has 140 valence electrons. The summed E-state index contributed by atoms with van der Waals surface area (Å²) in [6.45, 7) is 1.11. The molecule has 0 atom stereocenters. The van der Waals surface area contributed by atoms with Crippen LogP contribution in [0.2, 0.25) is 0 Å². The van der Waals surface area contributed by atoms with Crippen LogP contribution in [0.4, 0.5) is 0 Å². The van der Waals surface area contributed by atoms with Gasteiger partial charge in [0.1, 0.15) is 0 Å². The molecule has 0 bridgehead atoms. The summed E-state index contributed by atoms with van der Waals surface area (Å²) < 4.78 is 66.6. The molecule has 0 fully saturated rings. The van der Waals surface area contributed by atoms with Gasteiger partial charge in [-0.2, -0.15) is 16.8 Å². The quantitative estimate of drug-likeness (QED) is 0.336. The van der Waals surface area contributed by atoms with E-state index in [9.17, 15) is 16.8 Å². The molecule has 0 amide bonds. The summed E-state index contributed by atoms with van der Waals surface area (Å²) in [6, 6.07) is 0. The standard InChI is InChI=1S/C11H18N6O6S2/c18-24(19,20)5-1-3-14-7-12-16(9-14)11-17-10-15(8-13-17)4-2-6-25(21,22)23/h7-10H,1-6,11H2/p+2. The highest BCUT2D eigenvalue weighted by molar-refractivity contribution is 7.86. The van der Waals surface area contributed by atoms with Gasteiger partial charge in [0.25, 0.3) is 39.6 Å².